The number of nitrogens with zero attached hydrogens (tertiary/aromatic N) is 1. The molecule has 0 saturated carbocycles. The number of rotatable bonds is 3. The molecule has 0 fully saturated rings. The van der Waals surface area contributed by atoms with E-state index in [0.717, 1.165) is 17.9 Å². The van der Waals surface area contributed by atoms with E-state index < -0.39 is 0 Å². The summed E-state index contributed by atoms with van der Waals surface area (Å²) in [7, 11) is 4.19. The number of fused-ring (bicyclic) bond motifs is 1. The zero-order valence-corrected chi connectivity index (χ0v) is 10.7. The van der Waals surface area contributed by atoms with Gasteiger partial charge in [-0.1, -0.05) is 6.07 Å². The fourth-order valence-corrected chi connectivity index (χ4v) is 1.59. The van der Waals surface area contributed by atoms with E-state index in [1.165, 1.54) is 5.56 Å². The summed E-state index contributed by atoms with van der Waals surface area (Å²) in [5.41, 5.74) is 1.29. The zero-order chi connectivity index (χ0) is 10.8. The van der Waals surface area contributed by atoms with Crippen LogP contribution >= 0.6 is 12.4 Å². The summed E-state index contributed by atoms with van der Waals surface area (Å²) in [4.78, 5) is 2.21. The van der Waals surface area contributed by atoms with Gasteiger partial charge in [-0.05, 0) is 45.1 Å². The maximum atomic E-state index is 5.35. The van der Waals surface area contributed by atoms with Gasteiger partial charge in [0.1, 0.15) is 0 Å². The van der Waals surface area contributed by atoms with E-state index in [2.05, 4.69) is 38.1 Å². The van der Waals surface area contributed by atoms with Gasteiger partial charge < -0.3 is 14.4 Å². The van der Waals surface area contributed by atoms with Crippen LogP contribution in [0.15, 0.2) is 18.2 Å². The Balaban J connectivity index is 0.00000128. The second-order valence-electron chi connectivity index (χ2n) is 4.20. The fourth-order valence-electron chi connectivity index (χ4n) is 1.59. The topological polar surface area (TPSA) is 21.7 Å². The molecule has 1 heterocycles. The van der Waals surface area contributed by atoms with E-state index in [1.807, 2.05) is 6.07 Å². The fraction of sp³-hybridized carbons (Fsp3) is 0.500. The molecule has 1 atom stereocenters. The van der Waals surface area contributed by atoms with Crippen LogP contribution in [-0.4, -0.2) is 31.8 Å². The van der Waals surface area contributed by atoms with E-state index in [0.29, 0.717) is 12.8 Å². The Morgan fingerprint density at radius 1 is 1.25 bits per heavy atom. The van der Waals surface area contributed by atoms with Gasteiger partial charge in [-0.25, -0.2) is 0 Å². The van der Waals surface area contributed by atoms with Gasteiger partial charge in [-0.15, -0.1) is 12.4 Å². The van der Waals surface area contributed by atoms with E-state index in [9.17, 15) is 0 Å². The highest BCUT2D eigenvalue weighted by Gasteiger charge is 2.14. The molecule has 0 spiro atoms. The quantitative estimate of drug-likeness (QED) is 0.814. The maximum Gasteiger partial charge on any atom is 0.231 e. The summed E-state index contributed by atoms with van der Waals surface area (Å²) in [5, 5.41) is 0. The van der Waals surface area contributed by atoms with Gasteiger partial charge in [0, 0.05) is 6.04 Å². The van der Waals surface area contributed by atoms with E-state index >= 15 is 0 Å². The van der Waals surface area contributed by atoms with Gasteiger partial charge in [-0.3, -0.25) is 0 Å². The SMILES string of the molecule is CC(Cc1ccc2c(c1)OCO2)N(C)C.Cl. The Kier molecular flexibility index (Phi) is 4.44. The molecule has 0 amide bonds. The van der Waals surface area contributed by atoms with Gasteiger partial charge in [0.05, 0.1) is 0 Å². The molecule has 16 heavy (non-hydrogen) atoms. The van der Waals surface area contributed by atoms with Crippen molar-refractivity contribution in [1.29, 1.82) is 0 Å². The number of benzene rings is 1. The number of halogens is 1. The Hall–Kier alpha value is -0.930. The van der Waals surface area contributed by atoms with Crippen molar-refractivity contribution in [3.05, 3.63) is 23.8 Å². The minimum absolute atomic E-state index is 0. The van der Waals surface area contributed by atoms with Crippen LogP contribution in [0, 0.1) is 0 Å². The van der Waals surface area contributed by atoms with Crippen LogP contribution in [0.1, 0.15) is 12.5 Å². The standard InChI is InChI=1S/C12H17NO2.ClH/c1-9(13(2)3)6-10-4-5-11-12(7-10)15-8-14-11;/h4-5,7,9H,6,8H2,1-3H3;1H. The molecule has 0 radical (unpaired) electrons. The molecule has 90 valence electrons. The van der Waals surface area contributed by atoms with Gasteiger partial charge in [0.25, 0.3) is 0 Å². The van der Waals surface area contributed by atoms with Crippen LogP contribution in [0.5, 0.6) is 11.5 Å². The number of hydrogen-bond acceptors (Lipinski definition) is 3. The summed E-state index contributed by atoms with van der Waals surface area (Å²) in [6.07, 6.45) is 1.03. The smallest absolute Gasteiger partial charge is 0.231 e. The largest absolute Gasteiger partial charge is 0.454 e. The third-order valence-electron chi connectivity index (χ3n) is 2.85. The summed E-state index contributed by atoms with van der Waals surface area (Å²) >= 11 is 0. The molecule has 1 aromatic carbocycles. The first kappa shape index (κ1) is 13.1. The van der Waals surface area contributed by atoms with E-state index in [1.54, 1.807) is 0 Å². The van der Waals surface area contributed by atoms with Crippen molar-refractivity contribution in [2.45, 2.75) is 19.4 Å². The zero-order valence-electron chi connectivity index (χ0n) is 9.90. The molecule has 2 rings (SSSR count). The lowest BCUT2D eigenvalue weighted by atomic mass is 10.1. The molecule has 0 bridgehead atoms. The van der Waals surface area contributed by atoms with Crippen LogP contribution in [-0.2, 0) is 6.42 Å². The summed E-state index contributed by atoms with van der Waals surface area (Å²) in [6, 6.07) is 6.70. The summed E-state index contributed by atoms with van der Waals surface area (Å²) < 4.78 is 10.6. The van der Waals surface area contributed by atoms with Gasteiger partial charge in [0.15, 0.2) is 11.5 Å². The molecule has 1 unspecified atom stereocenters. The van der Waals surface area contributed by atoms with Crippen molar-refractivity contribution in [1.82, 2.24) is 4.90 Å². The third kappa shape index (κ3) is 2.80. The molecule has 0 saturated heterocycles. The molecule has 0 aromatic heterocycles. The van der Waals surface area contributed by atoms with Crippen molar-refractivity contribution >= 4 is 12.4 Å². The first-order valence-electron chi connectivity index (χ1n) is 5.22. The van der Waals surface area contributed by atoms with Crippen molar-refractivity contribution in [3.63, 3.8) is 0 Å². The van der Waals surface area contributed by atoms with Crippen molar-refractivity contribution in [2.24, 2.45) is 0 Å². The van der Waals surface area contributed by atoms with Crippen LogP contribution in [0.2, 0.25) is 0 Å². The van der Waals surface area contributed by atoms with E-state index in [4.69, 9.17) is 9.47 Å². The highest BCUT2D eigenvalue weighted by Crippen LogP contribution is 2.32. The van der Waals surface area contributed by atoms with Gasteiger partial charge >= 0.3 is 0 Å². The van der Waals surface area contributed by atoms with Crippen LogP contribution in [0.3, 0.4) is 0 Å². The van der Waals surface area contributed by atoms with Gasteiger partial charge in [0.2, 0.25) is 6.79 Å². The normalized spacial score (nSPS) is 14.8. The molecule has 4 heteroatoms. The van der Waals surface area contributed by atoms with Crippen LogP contribution < -0.4 is 9.47 Å². The van der Waals surface area contributed by atoms with E-state index in [-0.39, 0.29) is 12.4 Å². The minimum Gasteiger partial charge on any atom is -0.454 e. The van der Waals surface area contributed by atoms with Crippen molar-refractivity contribution in [2.75, 3.05) is 20.9 Å². The molecular weight excluding hydrogens is 226 g/mol. The summed E-state index contributed by atoms with van der Waals surface area (Å²) in [5.74, 6) is 1.73. The second-order valence-corrected chi connectivity index (χ2v) is 4.20. The Morgan fingerprint density at radius 2 is 1.94 bits per heavy atom. The Labute approximate surface area is 103 Å². The number of ether oxygens (including phenoxy) is 2. The van der Waals surface area contributed by atoms with Crippen molar-refractivity contribution in [3.8, 4) is 11.5 Å². The lowest BCUT2D eigenvalue weighted by molar-refractivity contribution is 0.174. The molecule has 1 aromatic rings. The lowest BCUT2D eigenvalue weighted by Gasteiger charge is -2.19. The molecule has 1 aliphatic heterocycles. The Morgan fingerprint density at radius 3 is 2.62 bits per heavy atom. The van der Waals surface area contributed by atoms with Crippen LogP contribution in [0.25, 0.3) is 0 Å². The monoisotopic (exact) mass is 243 g/mol. The van der Waals surface area contributed by atoms with Crippen LogP contribution in [0.4, 0.5) is 0 Å². The first-order chi connectivity index (χ1) is 7.16. The second kappa shape index (κ2) is 5.41. The third-order valence-corrected chi connectivity index (χ3v) is 2.85. The van der Waals surface area contributed by atoms with Gasteiger partial charge in [-0.2, -0.15) is 0 Å². The first-order valence-corrected chi connectivity index (χ1v) is 5.22. The average molecular weight is 244 g/mol. The molecule has 0 aliphatic carbocycles. The average Bonchev–Trinajstić information content (AvgIpc) is 2.64. The highest BCUT2D eigenvalue weighted by molar-refractivity contribution is 5.85. The predicted molar refractivity (Wildman–Crippen MR) is 66.7 cm³/mol. The van der Waals surface area contributed by atoms with Crippen molar-refractivity contribution < 1.29 is 9.47 Å². The molecule has 0 N–H and O–H groups in total. The molecule has 1 aliphatic rings. The minimum atomic E-state index is 0. The predicted octanol–water partition coefficient (Wildman–Crippen LogP) is 2.33. The molecule has 3 nitrogen and oxygen atoms in total. The highest BCUT2D eigenvalue weighted by atomic mass is 35.5. The number of likely N-dealkylation sites (N-methyl/N-ethyl adjacent to an activating group) is 1. The molecular formula is C12H18ClNO2. The lowest BCUT2D eigenvalue weighted by Crippen LogP contribution is -2.26. The maximum absolute atomic E-state index is 5.35. The Bertz CT molecular complexity index is 355. The number of hydrogen-bond donors (Lipinski definition) is 0. The summed E-state index contributed by atoms with van der Waals surface area (Å²) in [6.45, 7) is 2.56.